The topological polar surface area (TPSA) is 118 Å². The van der Waals surface area contributed by atoms with Gasteiger partial charge in [-0.2, -0.15) is 12.5 Å². The van der Waals surface area contributed by atoms with Crippen LogP contribution in [0.15, 0.2) is 64.6 Å². The summed E-state index contributed by atoms with van der Waals surface area (Å²) in [5, 5.41) is 5.14. The number of sulfone groups is 1. The first-order valence-corrected chi connectivity index (χ1v) is 16.2. The first-order chi connectivity index (χ1) is 19.1. The third-order valence-corrected chi connectivity index (χ3v) is 12.1. The van der Waals surface area contributed by atoms with E-state index in [0.717, 1.165) is 29.3 Å². The van der Waals surface area contributed by atoms with Gasteiger partial charge in [0.25, 0.3) is 10.0 Å². The highest BCUT2D eigenvalue weighted by Crippen LogP contribution is 2.49. The Kier molecular flexibility index (Phi) is 5.68. The average Bonchev–Trinajstić information content (AvgIpc) is 3.88. The zero-order chi connectivity index (χ0) is 27.9. The Morgan fingerprint density at radius 3 is 2.25 bits per heavy atom. The van der Waals surface area contributed by atoms with Crippen molar-refractivity contribution < 1.29 is 21.2 Å². The molecule has 0 radical (unpaired) electrons. The number of fused-ring (bicyclic) bond motifs is 1. The second kappa shape index (κ2) is 8.85. The molecular weight excluding hydrogens is 579 g/mol. The van der Waals surface area contributed by atoms with E-state index in [1.807, 2.05) is 4.90 Å². The van der Waals surface area contributed by atoms with Gasteiger partial charge in [0, 0.05) is 19.6 Å². The lowest BCUT2D eigenvalue weighted by molar-refractivity contribution is 0.497. The molecule has 40 heavy (non-hydrogen) atoms. The van der Waals surface area contributed by atoms with E-state index in [9.17, 15) is 21.2 Å². The number of halogens is 2. The van der Waals surface area contributed by atoms with E-state index < -0.39 is 25.7 Å². The molecule has 1 saturated heterocycles. The van der Waals surface area contributed by atoms with Crippen molar-refractivity contribution in [3.05, 3.63) is 65.7 Å². The first kappa shape index (κ1) is 25.7. The van der Waals surface area contributed by atoms with Gasteiger partial charge in [0.1, 0.15) is 0 Å². The fourth-order valence-corrected chi connectivity index (χ4v) is 8.63. The smallest absolute Gasteiger partial charge is 0.283 e. The van der Waals surface area contributed by atoms with Gasteiger partial charge in [-0.05, 0) is 62.1 Å². The molecule has 2 aromatic heterocycles. The second-order valence-corrected chi connectivity index (χ2v) is 14.9. The van der Waals surface area contributed by atoms with Gasteiger partial charge in [0.2, 0.25) is 5.95 Å². The summed E-state index contributed by atoms with van der Waals surface area (Å²) in [6.07, 6.45) is 5.24. The van der Waals surface area contributed by atoms with Crippen molar-refractivity contribution in [1.82, 2.24) is 19.2 Å². The fraction of sp³-hybridized carbons (Fsp3) is 0.346. The van der Waals surface area contributed by atoms with Crippen LogP contribution in [0.3, 0.4) is 0 Å². The highest BCUT2D eigenvalue weighted by atomic mass is 35.5. The summed E-state index contributed by atoms with van der Waals surface area (Å²) in [4.78, 5) is 12.4. The molecule has 4 aromatic rings. The van der Waals surface area contributed by atoms with E-state index >= 15 is 0 Å². The molecular formula is C26H24ClFN6O4S2. The highest BCUT2D eigenvalue weighted by Gasteiger charge is 2.53. The minimum Gasteiger partial charge on any atom is -0.345 e. The summed E-state index contributed by atoms with van der Waals surface area (Å²) >= 11 is 6.64. The number of anilines is 2. The van der Waals surface area contributed by atoms with Crippen molar-refractivity contribution >= 4 is 54.1 Å². The molecule has 7 rings (SSSR count). The number of rotatable bonds is 6. The Morgan fingerprint density at radius 1 is 0.925 bits per heavy atom. The molecule has 0 amide bonds. The van der Waals surface area contributed by atoms with E-state index in [4.69, 9.17) is 11.6 Å². The predicted molar refractivity (Wildman–Crippen MR) is 147 cm³/mol. The number of hydrogen-bond donors (Lipinski definition) is 0. The Labute approximate surface area is 235 Å². The molecule has 10 nitrogen and oxygen atoms in total. The standard InChI is InChI=1S/C26H24ClFN6O4S2/c27-21-2-1-3-22-23(21)24(33-13-12-32(16-26(33)10-11-26)25-29-14-17(28)15-30-25)31-34(22)40(37,38)20-8-6-19(7-9-20)39(35,36)18-4-5-18/h1-3,6-9,14-15,18H,4-5,10-13,16H2. The van der Waals surface area contributed by atoms with Crippen LogP contribution in [0.1, 0.15) is 25.7 Å². The SMILES string of the molecule is O=S(=O)(c1ccc(S(=O)(=O)n2nc(N3CCN(c4ncc(F)cn4)CC34CC4)c3c(Cl)cccc32)cc1)C1CC1. The molecule has 1 spiro atoms. The van der Waals surface area contributed by atoms with Crippen LogP contribution in [0.2, 0.25) is 5.02 Å². The van der Waals surface area contributed by atoms with Gasteiger partial charge in [0.05, 0.1) is 48.9 Å². The fourth-order valence-electron chi connectivity index (χ4n) is 5.45. The van der Waals surface area contributed by atoms with Crippen LogP contribution in [0.4, 0.5) is 16.2 Å². The number of piperazine rings is 1. The molecule has 3 fully saturated rings. The Bertz CT molecular complexity index is 1860. The summed E-state index contributed by atoms with van der Waals surface area (Å²) in [6.45, 7) is 1.60. The molecule has 3 aliphatic rings. The van der Waals surface area contributed by atoms with Crippen LogP contribution in [-0.2, 0) is 19.9 Å². The number of hydrogen-bond acceptors (Lipinski definition) is 9. The van der Waals surface area contributed by atoms with Gasteiger partial charge >= 0.3 is 0 Å². The zero-order valence-corrected chi connectivity index (χ0v) is 23.5. The predicted octanol–water partition coefficient (Wildman–Crippen LogP) is 3.65. The summed E-state index contributed by atoms with van der Waals surface area (Å²) in [6, 6.07) is 10.3. The van der Waals surface area contributed by atoms with Crippen LogP contribution in [0.25, 0.3) is 10.9 Å². The maximum Gasteiger partial charge on any atom is 0.283 e. The summed E-state index contributed by atoms with van der Waals surface area (Å²) in [5.41, 5.74) is 0.0152. The van der Waals surface area contributed by atoms with Gasteiger partial charge in [-0.1, -0.05) is 17.7 Å². The molecule has 208 valence electrons. The van der Waals surface area contributed by atoms with Crippen molar-refractivity contribution in [1.29, 1.82) is 0 Å². The minimum absolute atomic E-state index is 0.0717. The number of nitrogens with zero attached hydrogens (tertiary/aromatic N) is 6. The van der Waals surface area contributed by atoms with E-state index in [-0.39, 0.29) is 20.6 Å². The maximum atomic E-state index is 13.8. The third kappa shape index (κ3) is 4.05. The Hall–Kier alpha value is -3.29. The van der Waals surface area contributed by atoms with E-state index in [2.05, 4.69) is 20.0 Å². The van der Waals surface area contributed by atoms with Gasteiger partial charge in [-0.25, -0.2) is 22.8 Å². The van der Waals surface area contributed by atoms with Crippen LogP contribution < -0.4 is 9.80 Å². The zero-order valence-electron chi connectivity index (χ0n) is 21.1. The summed E-state index contributed by atoms with van der Waals surface area (Å²) in [5.74, 6) is 0.403. The van der Waals surface area contributed by atoms with E-state index in [1.165, 1.54) is 24.3 Å². The normalized spacial score (nSPS) is 18.9. The van der Waals surface area contributed by atoms with Crippen LogP contribution in [0.5, 0.6) is 0 Å². The third-order valence-electron chi connectivity index (χ3n) is 7.87. The van der Waals surface area contributed by atoms with Crippen LogP contribution in [-0.4, -0.2) is 66.4 Å². The minimum atomic E-state index is -4.18. The second-order valence-electron chi connectivity index (χ2n) is 10.5. The number of benzene rings is 2. The quantitative estimate of drug-likeness (QED) is 0.326. The number of aromatic nitrogens is 4. The lowest BCUT2D eigenvalue weighted by Gasteiger charge is -2.42. The maximum absolute atomic E-state index is 13.8. The van der Waals surface area contributed by atoms with Crippen LogP contribution in [0, 0.1) is 5.82 Å². The van der Waals surface area contributed by atoms with E-state index in [0.29, 0.717) is 60.2 Å². The molecule has 0 unspecified atom stereocenters. The molecule has 2 saturated carbocycles. The van der Waals surface area contributed by atoms with Crippen molar-refractivity contribution in [3.63, 3.8) is 0 Å². The van der Waals surface area contributed by atoms with Crippen molar-refractivity contribution in [2.75, 3.05) is 29.4 Å². The average molecular weight is 603 g/mol. The van der Waals surface area contributed by atoms with Crippen molar-refractivity contribution in [2.45, 2.75) is 46.3 Å². The lowest BCUT2D eigenvalue weighted by Crippen LogP contribution is -2.56. The molecule has 0 N–H and O–H groups in total. The molecule has 2 aromatic carbocycles. The van der Waals surface area contributed by atoms with Crippen LogP contribution >= 0.6 is 11.6 Å². The molecule has 0 atom stereocenters. The van der Waals surface area contributed by atoms with Crippen molar-refractivity contribution in [2.24, 2.45) is 0 Å². The first-order valence-electron chi connectivity index (χ1n) is 12.9. The lowest BCUT2D eigenvalue weighted by atomic mass is 10.1. The van der Waals surface area contributed by atoms with Gasteiger partial charge in [-0.15, -0.1) is 5.10 Å². The van der Waals surface area contributed by atoms with Gasteiger partial charge in [-0.3, -0.25) is 0 Å². The highest BCUT2D eigenvalue weighted by molar-refractivity contribution is 7.92. The molecule has 3 heterocycles. The van der Waals surface area contributed by atoms with Gasteiger partial charge < -0.3 is 9.80 Å². The monoisotopic (exact) mass is 602 g/mol. The molecule has 2 aliphatic carbocycles. The van der Waals surface area contributed by atoms with E-state index in [1.54, 1.807) is 18.2 Å². The Balaban J connectivity index is 1.26. The summed E-state index contributed by atoms with van der Waals surface area (Å²) < 4.78 is 67.2. The molecule has 0 bridgehead atoms. The molecule has 14 heteroatoms. The summed E-state index contributed by atoms with van der Waals surface area (Å²) in [7, 11) is -7.63. The largest absolute Gasteiger partial charge is 0.345 e. The molecule has 1 aliphatic heterocycles. The van der Waals surface area contributed by atoms with Crippen molar-refractivity contribution in [3.8, 4) is 0 Å². The van der Waals surface area contributed by atoms with Gasteiger partial charge in [0.15, 0.2) is 21.5 Å². The Morgan fingerprint density at radius 2 is 1.60 bits per heavy atom.